The number of pyridine rings is 1. The van der Waals surface area contributed by atoms with Crippen molar-refractivity contribution in [1.29, 1.82) is 0 Å². The first kappa shape index (κ1) is 29.7. The molecule has 0 spiro atoms. The van der Waals surface area contributed by atoms with Gasteiger partial charge in [0.2, 0.25) is 0 Å². The second-order valence-corrected chi connectivity index (χ2v) is 11.1. The number of nitrogens with zero attached hydrogens (tertiary/aromatic N) is 4. The highest BCUT2D eigenvalue weighted by atomic mass is 19.1. The molecule has 2 unspecified atom stereocenters. The zero-order valence-corrected chi connectivity index (χ0v) is 24.9. The van der Waals surface area contributed by atoms with Gasteiger partial charge in [0.1, 0.15) is 23.1 Å². The topological polar surface area (TPSA) is 90.4 Å². The summed E-state index contributed by atoms with van der Waals surface area (Å²) in [6.45, 7) is 4.25. The van der Waals surface area contributed by atoms with E-state index in [2.05, 4.69) is 10.3 Å². The first-order valence-electron chi connectivity index (χ1n) is 14.4. The van der Waals surface area contributed by atoms with Gasteiger partial charge >= 0.3 is 13.1 Å². The molecule has 1 saturated carbocycles. The van der Waals surface area contributed by atoms with Crippen LogP contribution in [0.4, 0.5) is 26.4 Å². The second-order valence-electron chi connectivity index (χ2n) is 11.1. The highest BCUT2D eigenvalue weighted by Gasteiger charge is 2.40. The Morgan fingerprint density at radius 1 is 1.19 bits per heavy atom. The van der Waals surface area contributed by atoms with Gasteiger partial charge < -0.3 is 24.6 Å². The number of carbonyl (C=O) groups is 1. The maximum absolute atomic E-state index is 15.2. The van der Waals surface area contributed by atoms with Crippen LogP contribution in [0.15, 0.2) is 48.7 Å². The van der Waals surface area contributed by atoms with Gasteiger partial charge in [-0.3, -0.25) is 9.80 Å². The molecule has 0 radical (unpaired) electrons. The van der Waals surface area contributed by atoms with Crippen molar-refractivity contribution in [3.8, 4) is 11.5 Å². The Balaban J connectivity index is 1.49. The van der Waals surface area contributed by atoms with Gasteiger partial charge in [0.05, 0.1) is 32.1 Å². The number of anilines is 3. The summed E-state index contributed by atoms with van der Waals surface area (Å²) in [4.78, 5) is 24.3. The number of aromatic nitrogens is 1. The van der Waals surface area contributed by atoms with Crippen molar-refractivity contribution in [2.45, 2.75) is 64.6 Å². The van der Waals surface area contributed by atoms with E-state index in [1.807, 2.05) is 54.0 Å². The van der Waals surface area contributed by atoms with E-state index in [-0.39, 0.29) is 24.7 Å². The summed E-state index contributed by atoms with van der Waals surface area (Å²) in [6, 6.07) is 12.2. The Hall–Kier alpha value is -3.83. The molecule has 0 saturated heterocycles. The van der Waals surface area contributed by atoms with Crippen molar-refractivity contribution in [1.82, 2.24) is 9.79 Å². The van der Waals surface area contributed by atoms with Crippen molar-refractivity contribution < 1.29 is 23.7 Å². The maximum Gasteiger partial charge on any atom is 0.376 e. The Morgan fingerprint density at radius 2 is 2.00 bits per heavy atom. The standard InChI is InChI=1S/C31H39BFN5O4/c1-20-8-6-11-26(33)30(20)37-19-22-18-35-29(34-17-21-12-13-25(41-4)15-28(21)42-5)16-27(22)38(31(37)39)24-10-7-9-23(14-24)36(3)32(2)40/h6,8,11-13,15-16,18,23-24,40H,7,9-10,14,17,19H2,1-5H3,(H,34,35). The number of halogens is 1. The third-order valence-corrected chi connectivity index (χ3v) is 8.55. The number of methoxy groups -OCH3 is 2. The Morgan fingerprint density at radius 3 is 2.71 bits per heavy atom. The second kappa shape index (κ2) is 12.6. The van der Waals surface area contributed by atoms with Crippen LogP contribution < -0.4 is 24.6 Å². The number of aryl methyl sites for hydroxylation is 1. The van der Waals surface area contributed by atoms with Crippen molar-refractivity contribution in [2.75, 3.05) is 36.4 Å². The largest absolute Gasteiger partial charge is 0.497 e. The fourth-order valence-electron chi connectivity index (χ4n) is 6.11. The molecule has 222 valence electrons. The smallest absolute Gasteiger partial charge is 0.376 e. The van der Waals surface area contributed by atoms with E-state index in [0.717, 1.165) is 36.1 Å². The van der Waals surface area contributed by atoms with Crippen LogP contribution in [0.3, 0.4) is 0 Å². The molecule has 3 aromatic rings. The molecule has 2 aliphatic rings. The predicted molar refractivity (Wildman–Crippen MR) is 164 cm³/mol. The summed E-state index contributed by atoms with van der Waals surface area (Å²) in [5, 5.41) is 13.6. The van der Waals surface area contributed by atoms with Crippen molar-refractivity contribution >= 4 is 30.3 Å². The third kappa shape index (κ3) is 5.89. The lowest BCUT2D eigenvalue weighted by Gasteiger charge is -2.45. The molecular weight excluding hydrogens is 536 g/mol. The Kier molecular flexibility index (Phi) is 8.89. The van der Waals surface area contributed by atoms with Gasteiger partial charge in [0.15, 0.2) is 0 Å². The number of ether oxygens (including phenoxy) is 2. The van der Waals surface area contributed by atoms with E-state index in [9.17, 15) is 9.82 Å². The van der Waals surface area contributed by atoms with E-state index in [0.29, 0.717) is 41.5 Å². The third-order valence-electron chi connectivity index (χ3n) is 8.55. The number of fused-ring (bicyclic) bond motifs is 1. The van der Waals surface area contributed by atoms with Gasteiger partial charge in [-0.05, 0) is 70.2 Å². The number of carbonyl (C=O) groups excluding carboxylic acids is 1. The molecule has 5 rings (SSSR count). The monoisotopic (exact) mass is 575 g/mol. The van der Waals surface area contributed by atoms with Gasteiger partial charge in [-0.1, -0.05) is 12.1 Å². The number of hydrogen-bond donors (Lipinski definition) is 2. The van der Waals surface area contributed by atoms with Gasteiger partial charge in [-0.25, -0.2) is 14.2 Å². The highest BCUT2D eigenvalue weighted by Crippen LogP contribution is 2.40. The van der Waals surface area contributed by atoms with Crippen LogP contribution in [0.1, 0.15) is 42.4 Å². The first-order chi connectivity index (χ1) is 20.2. The molecule has 9 nitrogen and oxygen atoms in total. The molecule has 1 aromatic heterocycles. The number of urea groups is 1. The lowest BCUT2D eigenvalue weighted by molar-refractivity contribution is 0.225. The minimum atomic E-state index is -0.592. The van der Waals surface area contributed by atoms with Crippen LogP contribution >= 0.6 is 0 Å². The zero-order valence-electron chi connectivity index (χ0n) is 24.9. The molecule has 2 aromatic carbocycles. The van der Waals surface area contributed by atoms with Crippen LogP contribution in [0.2, 0.25) is 6.82 Å². The molecular formula is C31H39BFN5O4. The van der Waals surface area contributed by atoms with Gasteiger partial charge in [-0.2, -0.15) is 0 Å². The predicted octanol–water partition coefficient (Wildman–Crippen LogP) is 5.46. The summed E-state index contributed by atoms with van der Waals surface area (Å²) < 4.78 is 26.0. The number of rotatable bonds is 9. The van der Waals surface area contributed by atoms with E-state index in [1.165, 1.54) is 11.0 Å². The summed E-state index contributed by atoms with van der Waals surface area (Å²) in [5.74, 6) is 1.59. The van der Waals surface area contributed by atoms with Crippen LogP contribution in [0, 0.1) is 12.7 Å². The van der Waals surface area contributed by atoms with Crippen molar-refractivity contribution in [2.24, 2.45) is 0 Å². The lowest BCUT2D eigenvalue weighted by Crippen LogP contribution is -2.56. The molecule has 1 aliphatic carbocycles. The maximum atomic E-state index is 15.2. The molecule has 2 atom stereocenters. The van der Waals surface area contributed by atoms with E-state index < -0.39 is 12.9 Å². The summed E-state index contributed by atoms with van der Waals surface area (Å²) in [5.41, 5.74) is 3.54. The minimum absolute atomic E-state index is 0.118. The SMILES string of the molecule is COc1ccc(CNc2cc3c(cn2)CN(c2c(C)cccc2F)C(=O)N3C2CCCC(N(C)B(C)O)C2)c(OC)c1. The lowest BCUT2D eigenvalue weighted by atomic mass is 9.79. The average molecular weight is 575 g/mol. The number of benzene rings is 2. The molecule has 11 heteroatoms. The van der Waals surface area contributed by atoms with Crippen molar-refractivity contribution in [3.63, 3.8) is 0 Å². The number of amides is 2. The normalized spacial score (nSPS) is 18.6. The molecule has 2 amide bonds. The van der Waals surface area contributed by atoms with E-state index in [1.54, 1.807) is 33.3 Å². The molecule has 1 fully saturated rings. The van der Waals surface area contributed by atoms with E-state index in [4.69, 9.17) is 9.47 Å². The summed E-state index contributed by atoms with van der Waals surface area (Å²) in [6.07, 6.45) is 5.14. The highest BCUT2D eigenvalue weighted by molar-refractivity contribution is 6.45. The van der Waals surface area contributed by atoms with Gasteiger partial charge in [-0.15, -0.1) is 0 Å². The fourth-order valence-corrected chi connectivity index (χ4v) is 6.11. The quantitative estimate of drug-likeness (QED) is 0.328. The number of hydrogen-bond acceptors (Lipinski definition) is 7. The molecule has 42 heavy (non-hydrogen) atoms. The fraction of sp³-hybridized carbons (Fsp3) is 0.419. The van der Waals surface area contributed by atoms with Gasteiger partial charge in [0, 0.05) is 48.1 Å². The Bertz CT molecular complexity index is 1420. The number of para-hydroxylation sites is 1. The minimum Gasteiger partial charge on any atom is -0.497 e. The average Bonchev–Trinajstić information content (AvgIpc) is 2.99. The summed E-state index contributed by atoms with van der Waals surface area (Å²) >= 11 is 0. The molecule has 1 aliphatic heterocycles. The van der Waals surface area contributed by atoms with Crippen LogP contribution in [-0.2, 0) is 13.1 Å². The Labute approximate surface area is 247 Å². The molecule has 2 N–H and O–H groups in total. The van der Waals surface area contributed by atoms with Crippen molar-refractivity contribution in [3.05, 3.63) is 71.2 Å². The summed E-state index contributed by atoms with van der Waals surface area (Å²) in [7, 11) is 4.56. The van der Waals surface area contributed by atoms with Crippen LogP contribution in [0.25, 0.3) is 0 Å². The molecule has 2 heterocycles. The zero-order chi connectivity index (χ0) is 30.0. The number of nitrogens with one attached hydrogen (secondary N) is 1. The molecule has 0 bridgehead atoms. The van der Waals surface area contributed by atoms with Gasteiger partial charge in [0.25, 0.3) is 0 Å². The van der Waals surface area contributed by atoms with Crippen LogP contribution in [0.5, 0.6) is 11.5 Å². The van der Waals surface area contributed by atoms with E-state index >= 15 is 4.39 Å². The first-order valence-corrected chi connectivity index (χ1v) is 14.4. The van der Waals surface area contributed by atoms with Crippen LogP contribution in [-0.4, -0.2) is 61.3 Å².